The van der Waals surface area contributed by atoms with Crippen molar-refractivity contribution < 1.29 is 9.53 Å². The largest absolute Gasteiger partial charge is 0.462 e. The average Bonchev–Trinajstić information content (AvgIpc) is 3.04. The summed E-state index contributed by atoms with van der Waals surface area (Å²) in [6.07, 6.45) is 1.78. The Balaban J connectivity index is 1.93. The number of rotatable bonds is 6. The first-order chi connectivity index (χ1) is 11.5. The van der Waals surface area contributed by atoms with E-state index in [0.29, 0.717) is 17.3 Å². The van der Waals surface area contributed by atoms with E-state index in [-0.39, 0.29) is 12.0 Å². The number of carbonyl (C=O) groups is 1. The minimum Gasteiger partial charge on any atom is -0.462 e. The SMILES string of the molecule is CCOC(=O)c1ccc(NC(=S)NC(C)c2ccnn2CC)cc1. The van der Waals surface area contributed by atoms with E-state index in [0.717, 1.165) is 17.9 Å². The summed E-state index contributed by atoms with van der Waals surface area (Å²) in [7, 11) is 0. The van der Waals surface area contributed by atoms with Gasteiger partial charge < -0.3 is 15.4 Å². The molecule has 1 heterocycles. The number of hydrogen-bond acceptors (Lipinski definition) is 4. The number of aromatic nitrogens is 2. The number of nitrogens with one attached hydrogen (secondary N) is 2. The van der Waals surface area contributed by atoms with Crippen molar-refractivity contribution in [1.29, 1.82) is 0 Å². The molecule has 0 radical (unpaired) electrons. The van der Waals surface area contributed by atoms with Gasteiger partial charge in [0.05, 0.1) is 23.9 Å². The molecule has 0 bridgehead atoms. The number of anilines is 1. The van der Waals surface area contributed by atoms with E-state index in [9.17, 15) is 4.79 Å². The molecule has 0 aliphatic heterocycles. The van der Waals surface area contributed by atoms with Gasteiger partial charge in [-0.2, -0.15) is 5.10 Å². The predicted molar refractivity (Wildman–Crippen MR) is 98.1 cm³/mol. The van der Waals surface area contributed by atoms with E-state index in [1.807, 2.05) is 24.6 Å². The molecule has 0 saturated heterocycles. The van der Waals surface area contributed by atoms with Crippen LogP contribution in [0.1, 0.15) is 42.9 Å². The maximum atomic E-state index is 11.6. The summed E-state index contributed by atoms with van der Waals surface area (Å²) in [5.74, 6) is -0.328. The first kappa shape index (κ1) is 17.9. The molecule has 1 unspecified atom stereocenters. The van der Waals surface area contributed by atoms with Gasteiger partial charge in [0.25, 0.3) is 0 Å². The summed E-state index contributed by atoms with van der Waals surface area (Å²) in [5.41, 5.74) is 2.39. The fourth-order valence-corrected chi connectivity index (χ4v) is 2.61. The molecule has 2 aromatic rings. The van der Waals surface area contributed by atoms with Crippen LogP contribution in [0, 0.1) is 0 Å². The monoisotopic (exact) mass is 346 g/mol. The van der Waals surface area contributed by atoms with Gasteiger partial charge in [0.2, 0.25) is 0 Å². The normalized spacial score (nSPS) is 11.6. The van der Waals surface area contributed by atoms with Crippen LogP contribution in [0.2, 0.25) is 0 Å². The Morgan fingerprint density at radius 2 is 2.00 bits per heavy atom. The predicted octanol–water partition coefficient (Wildman–Crippen LogP) is 3.13. The molecule has 1 aromatic carbocycles. The Hall–Kier alpha value is -2.41. The zero-order chi connectivity index (χ0) is 17.5. The zero-order valence-corrected chi connectivity index (χ0v) is 14.9. The van der Waals surface area contributed by atoms with Gasteiger partial charge in [-0.3, -0.25) is 4.68 Å². The van der Waals surface area contributed by atoms with Crippen molar-refractivity contribution in [3.63, 3.8) is 0 Å². The van der Waals surface area contributed by atoms with Gasteiger partial charge in [0.15, 0.2) is 5.11 Å². The number of aryl methyl sites for hydroxylation is 1. The lowest BCUT2D eigenvalue weighted by atomic mass is 10.2. The van der Waals surface area contributed by atoms with Crippen molar-refractivity contribution in [2.45, 2.75) is 33.4 Å². The summed E-state index contributed by atoms with van der Waals surface area (Å²) >= 11 is 5.35. The summed E-state index contributed by atoms with van der Waals surface area (Å²) in [6.45, 7) is 7.03. The topological polar surface area (TPSA) is 68.2 Å². The van der Waals surface area contributed by atoms with Crippen molar-refractivity contribution in [1.82, 2.24) is 15.1 Å². The Labute approximate surface area is 147 Å². The van der Waals surface area contributed by atoms with Gasteiger partial charge >= 0.3 is 5.97 Å². The third-order valence-electron chi connectivity index (χ3n) is 3.49. The van der Waals surface area contributed by atoms with Gasteiger partial charge in [0.1, 0.15) is 0 Å². The highest BCUT2D eigenvalue weighted by Gasteiger charge is 2.12. The molecular weight excluding hydrogens is 324 g/mol. The van der Waals surface area contributed by atoms with E-state index in [2.05, 4.69) is 15.7 Å². The van der Waals surface area contributed by atoms with Crippen molar-refractivity contribution >= 4 is 29.0 Å². The third-order valence-corrected chi connectivity index (χ3v) is 3.71. The number of nitrogens with zero attached hydrogens (tertiary/aromatic N) is 2. The molecule has 1 atom stereocenters. The van der Waals surface area contributed by atoms with E-state index in [1.54, 1.807) is 37.4 Å². The van der Waals surface area contributed by atoms with Crippen molar-refractivity contribution in [2.24, 2.45) is 0 Å². The van der Waals surface area contributed by atoms with E-state index >= 15 is 0 Å². The van der Waals surface area contributed by atoms with Gasteiger partial charge in [-0.05, 0) is 63.3 Å². The highest BCUT2D eigenvalue weighted by atomic mass is 32.1. The second-order valence-electron chi connectivity index (χ2n) is 5.19. The standard InChI is InChI=1S/C17H22N4O2S/c1-4-21-15(10-11-18-21)12(3)19-17(24)20-14-8-6-13(7-9-14)16(22)23-5-2/h6-12H,4-5H2,1-3H3,(H2,19,20,24). The molecule has 0 aliphatic carbocycles. The lowest BCUT2D eigenvalue weighted by Gasteiger charge is -2.18. The van der Waals surface area contributed by atoms with Crippen LogP contribution in [0.3, 0.4) is 0 Å². The smallest absolute Gasteiger partial charge is 0.338 e. The Kier molecular flexibility index (Phi) is 6.31. The molecule has 0 amide bonds. The fraction of sp³-hybridized carbons (Fsp3) is 0.353. The number of thiocarbonyl (C=S) groups is 1. The van der Waals surface area contributed by atoms with Crippen molar-refractivity contribution in [3.05, 3.63) is 47.8 Å². The first-order valence-corrected chi connectivity index (χ1v) is 8.32. The molecule has 0 saturated carbocycles. The van der Waals surface area contributed by atoms with E-state index in [4.69, 9.17) is 17.0 Å². The van der Waals surface area contributed by atoms with Crippen LogP contribution in [-0.2, 0) is 11.3 Å². The zero-order valence-electron chi connectivity index (χ0n) is 14.1. The Morgan fingerprint density at radius 1 is 1.29 bits per heavy atom. The molecule has 2 rings (SSSR count). The van der Waals surface area contributed by atoms with Crippen molar-refractivity contribution in [3.8, 4) is 0 Å². The molecule has 24 heavy (non-hydrogen) atoms. The number of hydrogen-bond donors (Lipinski definition) is 2. The average molecular weight is 346 g/mol. The molecular formula is C17H22N4O2S. The summed E-state index contributed by atoms with van der Waals surface area (Å²) in [4.78, 5) is 11.6. The molecule has 6 nitrogen and oxygen atoms in total. The highest BCUT2D eigenvalue weighted by molar-refractivity contribution is 7.80. The number of esters is 1. The third kappa shape index (κ3) is 4.55. The molecule has 0 fully saturated rings. The van der Waals surface area contributed by atoms with Gasteiger partial charge in [-0.15, -0.1) is 0 Å². The highest BCUT2D eigenvalue weighted by Crippen LogP contribution is 2.14. The van der Waals surface area contributed by atoms with Crippen LogP contribution in [0.5, 0.6) is 0 Å². The number of ether oxygens (including phenoxy) is 1. The summed E-state index contributed by atoms with van der Waals surface area (Å²) in [6, 6.07) is 9.00. The van der Waals surface area contributed by atoms with Crippen LogP contribution in [0.4, 0.5) is 5.69 Å². The second-order valence-corrected chi connectivity index (χ2v) is 5.60. The molecule has 7 heteroatoms. The number of benzene rings is 1. The molecule has 0 spiro atoms. The molecule has 1 aromatic heterocycles. The Morgan fingerprint density at radius 3 is 2.62 bits per heavy atom. The van der Waals surface area contributed by atoms with Gasteiger partial charge in [-0.25, -0.2) is 4.79 Å². The van der Waals surface area contributed by atoms with Gasteiger partial charge in [0, 0.05) is 18.4 Å². The van der Waals surface area contributed by atoms with Crippen LogP contribution in [0.15, 0.2) is 36.5 Å². The summed E-state index contributed by atoms with van der Waals surface area (Å²) in [5, 5.41) is 11.1. The fourth-order valence-electron chi connectivity index (χ4n) is 2.32. The van der Waals surface area contributed by atoms with Crippen LogP contribution < -0.4 is 10.6 Å². The molecule has 0 aliphatic rings. The maximum absolute atomic E-state index is 11.6. The minimum atomic E-state index is -0.328. The second kappa shape index (κ2) is 8.44. The number of carbonyl (C=O) groups excluding carboxylic acids is 1. The van der Waals surface area contributed by atoms with Gasteiger partial charge in [-0.1, -0.05) is 0 Å². The first-order valence-electron chi connectivity index (χ1n) is 7.91. The van der Waals surface area contributed by atoms with Crippen LogP contribution >= 0.6 is 12.2 Å². The molecule has 128 valence electrons. The lowest BCUT2D eigenvalue weighted by Crippen LogP contribution is -2.32. The van der Waals surface area contributed by atoms with Crippen LogP contribution in [0.25, 0.3) is 0 Å². The molecule has 2 N–H and O–H groups in total. The van der Waals surface area contributed by atoms with Crippen LogP contribution in [-0.4, -0.2) is 27.5 Å². The lowest BCUT2D eigenvalue weighted by molar-refractivity contribution is 0.0526. The minimum absolute atomic E-state index is 0.0336. The van der Waals surface area contributed by atoms with E-state index in [1.165, 1.54) is 0 Å². The summed E-state index contributed by atoms with van der Waals surface area (Å²) < 4.78 is 6.88. The quantitative estimate of drug-likeness (QED) is 0.619. The Bertz CT molecular complexity index is 697. The maximum Gasteiger partial charge on any atom is 0.338 e. The van der Waals surface area contributed by atoms with E-state index < -0.39 is 0 Å². The van der Waals surface area contributed by atoms with Crippen molar-refractivity contribution in [2.75, 3.05) is 11.9 Å².